The Morgan fingerprint density at radius 3 is 2.45 bits per heavy atom. The highest BCUT2D eigenvalue weighted by Gasteiger charge is 1.87. The zero-order chi connectivity index (χ0) is 8.10. The fraction of sp³-hybridized carbons (Fsp3) is 0.125. The van der Waals surface area contributed by atoms with Gasteiger partial charge in [0.05, 0.1) is 5.69 Å². The van der Waals surface area contributed by atoms with Gasteiger partial charge in [-0.15, -0.1) is 0 Å². The van der Waals surface area contributed by atoms with E-state index in [4.69, 9.17) is 0 Å². The molecule has 1 aromatic rings. The van der Waals surface area contributed by atoms with Crippen LogP contribution in [0, 0.1) is 6.92 Å². The summed E-state index contributed by atoms with van der Waals surface area (Å²) in [4.78, 5) is 9.87. The van der Waals surface area contributed by atoms with Crippen LogP contribution in [0.15, 0.2) is 24.3 Å². The van der Waals surface area contributed by atoms with E-state index in [1.54, 1.807) is 0 Å². The van der Waals surface area contributed by atoms with Crippen molar-refractivity contribution >= 4 is 12.1 Å². The third kappa shape index (κ3) is 2.29. The molecule has 0 heterocycles. The van der Waals surface area contributed by atoms with Crippen molar-refractivity contribution in [3.8, 4) is 0 Å². The third-order valence-corrected chi connectivity index (χ3v) is 1.33. The first-order valence-corrected chi connectivity index (χ1v) is 3.35. The molecule has 0 aromatic heterocycles. The predicted octanol–water partition coefficient (Wildman–Crippen LogP) is 1.07. The Morgan fingerprint density at radius 2 is 1.91 bits per heavy atom. The first kappa shape index (κ1) is 7.60. The lowest BCUT2D eigenvalue weighted by molar-refractivity contribution is -0.109. The minimum absolute atomic E-state index is 0.597. The Hall–Kier alpha value is -1.51. The Labute approximate surface area is 65.4 Å². The Kier molecular flexibility index (Phi) is 2.49. The van der Waals surface area contributed by atoms with E-state index in [0.29, 0.717) is 6.41 Å². The van der Waals surface area contributed by atoms with Crippen molar-refractivity contribution < 1.29 is 4.79 Å². The molecule has 11 heavy (non-hydrogen) atoms. The van der Waals surface area contributed by atoms with Crippen molar-refractivity contribution in [2.45, 2.75) is 6.92 Å². The van der Waals surface area contributed by atoms with Gasteiger partial charge in [-0.3, -0.25) is 15.6 Å². The number of benzene rings is 1. The van der Waals surface area contributed by atoms with Gasteiger partial charge >= 0.3 is 0 Å². The highest BCUT2D eigenvalue weighted by atomic mass is 16.1. The van der Waals surface area contributed by atoms with Crippen LogP contribution in [0.4, 0.5) is 5.69 Å². The second kappa shape index (κ2) is 3.61. The molecule has 1 amide bonds. The van der Waals surface area contributed by atoms with Gasteiger partial charge in [-0.25, -0.2) is 0 Å². The summed E-state index contributed by atoms with van der Waals surface area (Å²) in [6.07, 6.45) is 0.597. The average Bonchev–Trinajstić information content (AvgIpc) is 2.04. The molecule has 0 fully saturated rings. The number of amides is 1. The van der Waals surface area contributed by atoms with Gasteiger partial charge in [0, 0.05) is 0 Å². The van der Waals surface area contributed by atoms with Crippen molar-refractivity contribution in [3.63, 3.8) is 0 Å². The minimum atomic E-state index is 0.597. The molecule has 1 rings (SSSR count). The van der Waals surface area contributed by atoms with E-state index in [2.05, 4.69) is 10.9 Å². The van der Waals surface area contributed by atoms with Gasteiger partial charge in [-0.1, -0.05) is 17.7 Å². The molecule has 2 N–H and O–H groups in total. The van der Waals surface area contributed by atoms with Crippen LogP contribution in [0.1, 0.15) is 5.56 Å². The lowest BCUT2D eigenvalue weighted by Gasteiger charge is -2.02. The van der Waals surface area contributed by atoms with Crippen LogP contribution >= 0.6 is 0 Å². The van der Waals surface area contributed by atoms with Crippen molar-refractivity contribution in [2.24, 2.45) is 0 Å². The second-order valence-corrected chi connectivity index (χ2v) is 2.25. The number of anilines is 1. The molecule has 0 aliphatic heterocycles. The fourth-order valence-corrected chi connectivity index (χ4v) is 0.750. The normalized spacial score (nSPS) is 8.82. The topological polar surface area (TPSA) is 41.1 Å². The summed E-state index contributed by atoms with van der Waals surface area (Å²) >= 11 is 0. The van der Waals surface area contributed by atoms with Crippen LogP contribution in [0.2, 0.25) is 0 Å². The summed E-state index contributed by atoms with van der Waals surface area (Å²) in [5.41, 5.74) is 7.13. The monoisotopic (exact) mass is 150 g/mol. The highest BCUT2D eigenvalue weighted by Crippen LogP contribution is 2.06. The fourth-order valence-electron chi connectivity index (χ4n) is 0.750. The van der Waals surface area contributed by atoms with Crippen LogP contribution in [0.5, 0.6) is 0 Å². The van der Waals surface area contributed by atoms with Crippen LogP contribution in [-0.4, -0.2) is 6.41 Å². The highest BCUT2D eigenvalue weighted by molar-refractivity contribution is 5.53. The maximum absolute atomic E-state index is 9.87. The molecular formula is C8H10N2O. The molecule has 0 radical (unpaired) electrons. The molecule has 3 nitrogen and oxygen atoms in total. The van der Waals surface area contributed by atoms with Gasteiger partial charge in [-0.2, -0.15) is 0 Å². The Balaban J connectivity index is 2.58. The third-order valence-electron chi connectivity index (χ3n) is 1.33. The molecule has 58 valence electrons. The van der Waals surface area contributed by atoms with Gasteiger partial charge in [0.1, 0.15) is 0 Å². The lowest BCUT2D eigenvalue weighted by Crippen LogP contribution is -2.18. The van der Waals surface area contributed by atoms with Crippen LogP contribution in [0.3, 0.4) is 0 Å². The van der Waals surface area contributed by atoms with E-state index in [-0.39, 0.29) is 0 Å². The van der Waals surface area contributed by atoms with Gasteiger partial charge in [0.25, 0.3) is 0 Å². The van der Waals surface area contributed by atoms with E-state index in [1.807, 2.05) is 31.2 Å². The Morgan fingerprint density at radius 1 is 1.27 bits per heavy atom. The summed E-state index contributed by atoms with van der Waals surface area (Å²) in [5, 5.41) is 0. The summed E-state index contributed by atoms with van der Waals surface area (Å²) in [6.45, 7) is 2.01. The van der Waals surface area contributed by atoms with Crippen molar-refractivity contribution in [1.29, 1.82) is 0 Å². The average molecular weight is 150 g/mol. The van der Waals surface area contributed by atoms with Gasteiger partial charge < -0.3 is 0 Å². The number of hydrazine groups is 1. The number of rotatable bonds is 3. The molecule has 0 unspecified atom stereocenters. The van der Waals surface area contributed by atoms with Gasteiger partial charge in [0.2, 0.25) is 6.41 Å². The van der Waals surface area contributed by atoms with E-state index >= 15 is 0 Å². The van der Waals surface area contributed by atoms with E-state index < -0.39 is 0 Å². The number of aryl methyl sites for hydroxylation is 1. The summed E-state index contributed by atoms with van der Waals surface area (Å²) in [6, 6.07) is 7.72. The SMILES string of the molecule is Cc1ccc(NNC=O)cc1. The zero-order valence-electron chi connectivity index (χ0n) is 6.29. The zero-order valence-corrected chi connectivity index (χ0v) is 6.29. The molecule has 1 aromatic carbocycles. The van der Waals surface area contributed by atoms with Crippen molar-refractivity contribution in [1.82, 2.24) is 5.43 Å². The van der Waals surface area contributed by atoms with E-state index in [1.165, 1.54) is 5.56 Å². The van der Waals surface area contributed by atoms with Crippen molar-refractivity contribution in [3.05, 3.63) is 29.8 Å². The summed E-state index contributed by atoms with van der Waals surface area (Å²) < 4.78 is 0. The first-order valence-electron chi connectivity index (χ1n) is 3.35. The molecule has 0 bridgehead atoms. The molecule has 0 saturated heterocycles. The Bertz CT molecular complexity index is 230. The number of carbonyl (C=O) groups is 1. The molecule has 3 heteroatoms. The summed E-state index contributed by atoms with van der Waals surface area (Å²) in [7, 11) is 0. The van der Waals surface area contributed by atoms with E-state index in [0.717, 1.165) is 5.69 Å². The molecule has 0 saturated carbocycles. The van der Waals surface area contributed by atoms with Crippen LogP contribution in [-0.2, 0) is 4.79 Å². The predicted molar refractivity (Wildman–Crippen MR) is 44.0 cm³/mol. The maximum Gasteiger partial charge on any atom is 0.225 e. The first-order chi connectivity index (χ1) is 5.33. The van der Waals surface area contributed by atoms with Crippen molar-refractivity contribution in [2.75, 3.05) is 5.43 Å². The smallest absolute Gasteiger partial charge is 0.225 e. The van der Waals surface area contributed by atoms with Gasteiger partial charge in [0.15, 0.2) is 0 Å². The number of carbonyl (C=O) groups excluding carboxylic acids is 1. The number of nitrogens with one attached hydrogen (secondary N) is 2. The molecule has 0 aliphatic rings. The van der Waals surface area contributed by atoms with Gasteiger partial charge in [-0.05, 0) is 19.1 Å². The maximum atomic E-state index is 9.87. The number of hydrogen-bond acceptors (Lipinski definition) is 2. The second-order valence-electron chi connectivity index (χ2n) is 2.25. The molecule has 0 atom stereocenters. The molecular weight excluding hydrogens is 140 g/mol. The standard InChI is InChI=1S/C8H10N2O/c1-7-2-4-8(5-3-7)10-9-6-11/h2-6,10H,1H3,(H,9,11). The summed E-state index contributed by atoms with van der Waals surface area (Å²) in [5.74, 6) is 0. The van der Waals surface area contributed by atoms with E-state index in [9.17, 15) is 4.79 Å². The van der Waals surface area contributed by atoms with Crippen LogP contribution in [0.25, 0.3) is 0 Å². The lowest BCUT2D eigenvalue weighted by atomic mass is 10.2. The molecule has 0 aliphatic carbocycles. The minimum Gasteiger partial charge on any atom is -0.299 e. The number of hydrogen-bond donors (Lipinski definition) is 2. The largest absolute Gasteiger partial charge is 0.299 e. The van der Waals surface area contributed by atoms with Crippen LogP contribution < -0.4 is 10.9 Å². The quantitative estimate of drug-likeness (QED) is 0.500. The molecule has 0 spiro atoms.